The Bertz CT molecular complexity index is 1530. The van der Waals surface area contributed by atoms with E-state index < -0.39 is 17.5 Å². The fraction of sp³-hybridized carbons (Fsp3) is 0.222. The molecule has 1 atom stereocenters. The Labute approximate surface area is 217 Å². The summed E-state index contributed by atoms with van der Waals surface area (Å²) in [7, 11) is 0. The van der Waals surface area contributed by atoms with Gasteiger partial charge in [0.25, 0.3) is 5.91 Å². The number of rotatable bonds is 6. The molecule has 0 bridgehead atoms. The quantitative estimate of drug-likeness (QED) is 0.377. The number of fused-ring (bicyclic) bond motifs is 1. The summed E-state index contributed by atoms with van der Waals surface area (Å²) in [5.74, 6) is -2.80. The van der Waals surface area contributed by atoms with Crippen LogP contribution in [-0.2, 0) is 11.3 Å². The topological polar surface area (TPSA) is 119 Å². The summed E-state index contributed by atoms with van der Waals surface area (Å²) in [5, 5.41) is 8.06. The molecule has 3 N–H and O–H groups in total. The maximum Gasteiger partial charge on any atom is 0.254 e. The van der Waals surface area contributed by atoms with Crippen molar-refractivity contribution in [2.45, 2.75) is 25.4 Å². The van der Waals surface area contributed by atoms with Crippen molar-refractivity contribution < 1.29 is 18.4 Å². The van der Waals surface area contributed by atoms with E-state index in [1.54, 1.807) is 17.0 Å². The number of nitrogens with two attached hydrogens (primary N) is 1. The van der Waals surface area contributed by atoms with Crippen LogP contribution in [0.2, 0.25) is 0 Å². The normalized spacial score (nSPS) is 15.4. The summed E-state index contributed by atoms with van der Waals surface area (Å²) in [5.41, 5.74) is 8.57. The van der Waals surface area contributed by atoms with Gasteiger partial charge < -0.3 is 16.0 Å². The molecule has 0 aliphatic carbocycles. The maximum absolute atomic E-state index is 13.9. The lowest BCUT2D eigenvalue weighted by Crippen LogP contribution is -2.40. The van der Waals surface area contributed by atoms with Gasteiger partial charge in [-0.3, -0.25) is 9.59 Å². The van der Waals surface area contributed by atoms with Gasteiger partial charge in [-0.15, -0.1) is 0 Å². The second-order valence-electron chi connectivity index (χ2n) is 9.02. The lowest BCUT2D eigenvalue weighted by molar-refractivity contribution is -0.127. The predicted octanol–water partition coefficient (Wildman–Crippen LogP) is 3.63. The van der Waals surface area contributed by atoms with Crippen LogP contribution >= 0.6 is 0 Å². The highest BCUT2D eigenvalue weighted by molar-refractivity contribution is 5.98. The predicted molar refractivity (Wildman–Crippen MR) is 138 cm³/mol. The van der Waals surface area contributed by atoms with E-state index in [1.807, 2.05) is 16.8 Å². The van der Waals surface area contributed by atoms with E-state index >= 15 is 0 Å². The zero-order chi connectivity index (χ0) is 26.8. The number of anilines is 1. The molecule has 1 fully saturated rings. The molecule has 11 heteroatoms. The Balaban J connectivity index is 1.39. The second kappa shape index (κ2) is 10.4. The number of nitrogens with zero attached hydrogens (tertiary/aromatic N) is 5. The molecule has 2 aromatic carbocycles. The van der Waals surface area contributed by atoms with Gasteiger partial charge in [0.2, 0.25) is 5.91 Å². The van der Waals surface area contributed by atoms with Crippen molar-refractivity contribution >= 4 is 28.7 Å². The first-order valence-corrected chi connectivity index (χ1v) is 12.1. The Morgan fingerprint density at radius 2 is 1.95 bits per heavy atom. The number of hydrogen-bond acceptors (Lipinski definition) is 6. The minimum absolute atomic E-state index is 0.0871. The summed E-state index contributed by atoms with van der Waals surface area (Å²) >= 11 is 0. The Morgan fingerprint density at radius 1 is 1.16 bits per heavy atom. The van der Waals surface area contributed by atoms with Gasteiger partial charge >= 0.3 is 0 Å². The van der Waals surface area contributed by atoms with Crippen LogP contribution in [0, 0.1) is 11.6 Å². The summed E-state index contributed by atoms with van der Waals surface area (Å²) in [4.78, 5) is 34.8. The third kappa shape index (κ3) is 4.70. The molecule has 38 heavy (non-hydrogen) atoms. The van der Waals surface area contributed by atoms with E-state index in [1.165, 1.54) is 24.5 Å². The van der Waals surface area contributed by atoms with Gasteiger partial charge in [0.1, 0.15) is 17.8 Å². The number of aromatic nitrogens is 4. The number of likely N-dealkylation sites (tertiary alicyclic amines) is 1. The molecule has 1 aliphatic heterocycles. The van der Waals surface area contributed by atoms with Crippen LogP contribution in [0.3, 0.4) is 0 Å². The first-order valence-electron chi connectivity index (χ1n) is 12.1. The number of nitrogen functional groups attached to an aromatic ring is 1. The third-order valence-electron chi connectivity index (χ3n) is 6.62. The molecule has 0 saturated carbocycles. The van der Waals surface area contributed by atoms with Gasteiger partial charge in [0.15, 0.2) is 17.3 Å². The molecular weight excluding hydrogens is 492 g/mol. The number of piperidine rings is 1. The van der Waals surface area contributed by atoms with Crippen molar-refractivity contribution in [2.24, 2.45) is 0 Å². The number of nitrogens with one attached hydrogen (secondary N) is 1. The second-order valence-corrected chi connectivity index (χ2v) is 9.02. The van der Waals surface area contributed by atoms with Crippen LogP contribution < -0.4 is 11.1 Å². The molecule has 1 aliphatic rings. The van der Waals surface area contributed by atoms with Gasteiger partial charge in [-0.05, 0) is 36.6 Å². The molecule has 4 aromatic rings. The van der Waals surface area contributed by atoms with Gasteiger partial charge in [0, 0.05) is 25.2 Å². The summed E-state index contributed by atoms with van der Waals surface area (Å²) in [6.45, 7) is 4.84. The van der Waals surface area contributed by atoms with E-state index in [0.717, 1.165) is 30.0 Å². The van der Waals surface area contributed by atoms with E-state index in [2.05, 4.69) is 21.9 Å². The number of carbonyl (C=O) groups excluding carboxylic acids is 2. The molecule has 194 valence electrons. The van der Waals surface area contributed by atoms with Crippen LogP contribution in [0.4, 0.5) is 14.6 Å². The Kier molecular flexibility index (Phi) is 6.82. The van der Waals surface area contributed by atoms with Crippen LogP contribution in [0.25, 0.3) is 22.3 Å². The molecule has 3 heterocycles. The number of carbonyl (C=O) groups is 2. The zero-order valence-corrected chi connectivity index (χ0v) is 20.4. The largest absolute Gasteiger partial charge is 0.383 e. The van der Waals surface area contributed by atoms with Crippen molar-refractivity contribution in [1.29, 1.82) is 0 Å². The average molecular weight is 518 g/mol. The fourth-order valence-corrected chi connectivity index (χ4v) is 4.67. The monoisotopic (exact) mass is 517 g/mol. The molecular formula is C27H25F2N7O2. The lowest BCUT2D eigenvalue weighted by Gasteiger charge is -2.32. The minimum Gasteiger partial charge on any atom is -0.383 e. The van der Waals surface area contributed by atoms with Crippen LogP contribution in [0.1, 0.15) is 34.8 Å². The Morgan fingerprint density at radius 3 is 2.71 bits per heavy atom. The van der Waals surface area contributed by atoms with Crippen molar-refractivity contribution in [3.8, 4) is 11.3 Å². The van der Waals surface area contributed by atoms with Gasteiger partial charge in [-0.2, -0.15) is 5.10 Å². The first kappa shape index (κ1) is 25.0. The fourth-order valence-electron chi connectivity index (χ4n) is 4.67. The van der Waals surface area contributed by atoms with Crippen molar-refractivity contribution in [2.75, 3.05) is 18.8 Å². The first-order chi connectivity index (χ1) is 18.4. The van der Waals surface area contributed by atoms with Crippen LogP contribution in [-0.4, -0.2) is 49.6 Å². The van der Waals surface area contributed by atoms with E-state index in [-0.39, 0.29) is 24.1 Å². The summed E-state index contributed by atoms with van der Waals surface area (Å²) in [6.07, 6.45) is 4.35. The smallest absolute Gasteiger partial charge is 0.254 e. The SMILES string of the molecule is C=CC(=O)N1CCC[C@@H](n2nc(-c3ccc(CNC(=O)c4cccc(F)c4F)cc3)c3c(N)ncnc32)C1. The molecule has 9 nitrogen and oxygen atoms in total. The van der Waals surface area contributed by atoms with Gasteiger partial charge in [-0.25, -0.2) is 23.4 Å². The van der Waals surface area contributed by atoms with E-state index in [9.17, 15) is 18.4 Å². The molecule has 0 radical (unpaired) electrons. The van der Waals surface area contributed by atoms with Crippen LogP contribution in [0.5, 0.6) is 0 Å². The number of halogens is 2. The van der Waals surface area contributed by atoms with Crippen molar-refractivity contribution in [3.05, 3.63) is 84.2 Å². The van der Waals surface area contributed by atoms with Gasteiger partial charge in [0.05, 0.1) is 17.0 Å². The molecule has 2 amide bonds. The molecule has 2 aromatic heterocycles. The number of benzene rings is 2. The van der Waals surface area contributed by atoms with Crippen LogP contribution in [0.15, 0.2) is 61.4 Å². The van der Waals surface area contributed by atoms with E-state index in [4.69, 9.17) is 10.8 Å². The number of amides is 2. The highest BCUT2D eigenvalue weighted by Gasteiger charge is 2.28. The van der Waals surface area contributed by atoms with E-state index in [0.29, 0.717) is 35.6 Å². The van der Waals surface area contributed by atoms with Crippen molar-refractivity contribution in [3.63, 3.8) is 0 Å². The molecule has 0 unspecified atom stereocenters. The molecule has 1 saturated heterocycles. The standard InChI is InChI=1S/C27H25F2N7O2/c1-2-21(37)35-12-4-5-18(14-35)36-26-22(25(30)32-15-33-26)24(34-36)17-10-8-16(9-11-17)13-31-27(38)19-6-3-7-20(28)23(19)29/h2-3,6-11,15,18H,1,4-5,12-14H2,(H,31,38)(H2,30,32,33)/t18-/m1/s1. The highest BCUT2D eigenvalue weighted by Crippen LogP contribution is 2.33. The molecule has 5 rings (SSSR count). The van der Waals surface area contributed by atoms with Gasteiger partial charge in [-0.1, -0.05) is 36.9 Å². The number of hydrogen-bond donors (Lipinski definition) is 2. The lowest BCUT2D eigenvalue weighted by atomic mass is 10.1. The molecule has 0 spiro atoms. The summed E-state index contributed by atoms with van der Waals surface area (Å²) < 4.78 is 29.2. The zero-order valence-electron chi connectivity index (χ0n) is 20.4. The van der Waals surface area contributed by atoms with Crippen molar-refractivity contribution in [1.82, 2.24) is 30.0 Å². The minimum atomic E-state index is -1.18. The Hall–Kier alpha value is -4.67. The average Bonchev–Trinajstić information content (AvgIpc) is 3.34. The summed E-state index contributed by atoms with van der Waals surface area (Å²) in [6, 6.07) is 10.6. The maximum atomic E-state index is 13.9. The third-order valence-corrected chi connectivity index (χ3v) is 6.62. The highest BCUT2D eigenvalue weighted by atomic mass is 19.2.